The number of aromatic hydroxyl groups is 1. The number of aliphatic hydroxyl groups excluding tert-OH is 1. The second kappa shape index (κ2) is 5.73. The van der Waals surface area contributed by atoms with Gasteiger partial charge >= 0.3 is 0 Å². The summed E-state index contributed by atoms with van der Waals surface area (Å²) >= 11 is 0. The lowest BCUT2D eigenvalue weighted by Crippen LogP contribution is -2.12. The van der Waals surface area contributed by atoms with Gasteiger partial charge in [-0.25, -0.2) is 0 Å². The van der Waals surface area contributed by atoms with Crippen LogP contribution in [0.4, 0.5) is 0 Å². The molecule has 2 rings (SSSR count). The molecule has 0 fully saturated rings. The van der Waals surface area contributed by atoms with Gasteiger partial charge in [0.2, 0.25) is 0 Å². The fourth-order valence-corrected chi connectivity index (χ4v) is 3.42. The predicted octanol–water partition coefficient (Wildman–Crippen LogP) is 2.69. The van der Waals surface area contributed by atoms with Crippen LogP contribution in [-0.4, -0.2) is 10.2 Å². The van der Waals surface area contributed by atoms with Gasteiger partial charge in [-0.2, -0.15) is 0 Å². The summed E-state index contributed by atoms with van der Waals surface area (Å²) in [5.41, 5.74) is 2.97. The first-order valence-corrected chi connectivity index (χ1v) is 7.33. The van der Waals surface area contributed by atoms with Gasteiger partial charge in [0.05, 0.1) is 6.10 Å². The number of benzene rings is 2. The lowest BCUT2D eigenvalue weighted by atomic mass is 10.1. The van der Waals surface area contributed by atoms with Crippen LogP contribution in [0.15, 0.2) is 36.4 Å². The van der Waals surface area contributed by atoms with E-state index >= 15 is 0 Å². The molecular formula is C16H19O2P. The highest BCUT2D eigenvalue weighted by Gasteiger charge is 2.11. The van der Waals surface area contributed by atoms with Crippen molar-refractivity contribution in [2.75, 3.05) is 0 Å². The maximum atomic E-state index is 10.1. The van der Waals surface area contributed by atoms with E-state index in [1.54, 1.807) is 6.92 Å². The van der Waals surface area contributed by atoms with Gasteiger partial charge in [-0.1, -0.05) is 50.5 Å². The highest BCUT2D eigenvalue weighted by Crippen LogP contribution is 2.25. The molecule has 0 aliphatic carbocycles. The Balaban J connectivity index is 2.41. The SMILES string of the molecule is Cc1ccc(Pc2cccc(C)c2O)c(C(C)O)c1. The number of rotatable bonds is 3. The Hall–Kier alpha value is -1.37. The van der Waals surface area contributed by atoms with Crippen molar-refractivity contribution >= 4 is 19.2 Å². The average molecular weight is 274 g/mol. The Kier molecular flexibility index (Phi) is 4.24. The molecule has 2 aromatic rings. The van der Waals surface area contributed by atoms with E-state index in [4.69, 9.17) is 0 Å². The van der Waals surface area contributed by atoms with E-state index in [1.807, 2.05) is 50.2 Å². The Morgan fingerprint density at radius 2 is 1.79 bits per heavy atom. The van der Waals surface area contributed by atoms with Crippen molar-refractivity contribution < 1.29 is 10.2 Å². The predicted molar refractivity (Wildman–Crippen MR) is 82.2 cm³/mol. The maximum absolute atomic E-state index is 10.1. The van der Waals surface area contributed by atoms with E-state index in [0.29, 0.717) is 14.3 Å². The molecule has 2 unspecified atom stereocenters. The molecule has 0 aliphatic rings. The third-order valence-corrected chi connectivity index (χ3v) is 4.56. The smallest absolute Gasteiger partial charge is 0.126 e. The van der Waals surface area contributed by atoms with Crippen LogP contribution in [0, 0.1) is 13.8 Å². The van der Waals surface area contributed by atoms with E-state index in [9.17, 15) is 10.2 Å². The van der Waals surface area contributed by atoms with Crippen LogP contribution in [0.25, 0.3) is 0 Å². The molecule has 0 amide bonds. The minimum atomic E-state index is -0.491. The number of aryl methyl sites for hydroxylation is 2. The largest absolute Gasteiger partial charge is 0.507 e. The highest BCUT2D eigenvalue weighted by molar-refractivity contribution is 7.55. The summed E-state index contributed by atoms with van der Waals surface area (Å²) in [6, 6.07) is 11.9. The number of phenols is 1. The van der Waals surface area contributed by atoms with Gasteiger partial charge in [-0.3, -0.25) is 0 Å². The number of aliphatic hydroxyl groups is 1. The van der Waals surface area contributed by atoms with Crippen molar-refractivity contribution in [2.24, 2.45) is 0 Å². The lowest BCUT2D eigenvalue weighted by molar-refractivity contribution is 0.200. The Labute approximate surface area is 115 Å². The first-order valence-electron chi connectivity index (χ1n) is 6.33. The zero-order chi connectivity index (χ0) is 14.0. The standard InChI is InChI=1S/C16H19O2P/c1-10-7-8-14(13(9-10)12(3)17)19-15-6-4-5-11(2)16(15)18/h4-9,12,17-19H,1-3H3. The Morgan fingerprint density at radius 3 is 2.47 bits per heavy atom. The Morgan fingerprint density at radius 1 is 1.05 bits per heavy atom. The zero-order valence-electron chi connectivity index (χ0n) is 11.4. The van der Waals surface area contributed by atoms with E-state index in [-0.39, 0.29) is 0 Å². The summed E-state index contributed by atoms with van der Waals surface area (Å²) in [4.78, 5) is 0. The minimum absolute atomic E-state index is 0.350. The fraction of sp³-hybridized carbons (Fsp3) is 0.250. The van der Waals surface area contributed by atoms with Crippen molar-refractivity contribution in [2.45, 2.75) is 26.9 Å². The normalized spacial score (nSPS) is 13.1. The topological polar surface area (TPSA) is 40.5 Å². The molecule has 2 aromatic carbocycles. The molecule has 0 bridgehead atoms. The van der Waals surface area contributed by atoms with Crippen LogP contribution in [0.2, 0.25) is 0 Å². The van der Waals surface area contributed by atoms with E-state index in [2.05, 4.69) is 0 Å². The molecule has 0 saturated carbocycles. The van der Waals surface area contributed by atoms with Crippen LogP contribution >= 0.6 is 8.58 Å². The molecule has 3 heteroatoms. The fourth-order valence-electron chi connectivity index (χ4n) is 2.05. The molecule has 0 aliphatic heterocycles. The van der Waals surface area contributed by atoms with Crippen LogP contribution in [0.5, 0.6) is 5.75 Å². The highest BCUT2D eigenvalue weighted by atomic mass is 31.1. The van der Waals surface area contributed by atoms with Gasteiger partial charge in [-0.15, -0.1) is 0 Å². The molecule has 100 valence electrons. The summed E-state index contributed by atoms with van der Waals surface area (Å²) < 4.78 is 0. The second-order valence-corrected chi connectivity index (χ2v) is 6.19. The molecule has 19 heavy (non-hydrogen) atoms. The Bertz CT molecular complexity index is 591. The number of hydrogen-bond acceptors (Lipinski definition) is 2. The van der Waals surface area contributed by atoms with E-state index in [1.165, 1.54) is 0 Å². The van der Waals surface area contributed by atoms with Gasteiger partial charge in [0.15, 0.2) is 0 Å². The molecule has 2 nitrogen and oxygen atoms in total. The van der Waals surface area contributed by atoms with Crippen LogP contribution in [0.1, 0.15) is 29.7 Å². The zero-order valence-corrected chi connectivity index (χ0v) is 12.4. The monoisotopic (exact) mass is 274 g/mol. The van der Waals surface area contributed by atoms with Crippen molar-refractivity contribution in [3.8, 4) is 5.75 Å². The lowest BCUT2D eigenvalue weighted by Gasteiger charge is -2.14. The molecule has 2 N–H and O–H groups in total. The molecule has 0 spiro atoms. The summed E-state index contributed by atoms with van der Waals surface area (Å²) in [5.74, 6) is 0.359. The third-order valence-electron chi connectivity index (χ3n) is 3.16. The van der Waals surface area contributed by atoms with E-state index in [0.717, 1.165) is 27.3 Å². The molecule has 0 saturated heterocycles. The maximum Gasteiger partial charge on any atom is 0.126 e. The first kappa shape index (κ1) is 14.0. The molecular weight excluding hydrogens is 255 g/mol. The quantitative estimate of drug-likeness (QED) is 0.845. The van der Waals surface area contributed by atoms with Crippen molar-refractivity contribution in [1.82, 2.24) is 0 Å². The first-order chi connectivity index (χ1) is 8.99. The summed E-state index contributed by atoms with van der Waals surface area (Å²) in [6.45, 7) is 5.69. The molecule has 0 heterocycles. The number of para-hydroxylation sites is 1. The summed E-state index contributed by atoms with van der Waals surface area (Å²) in [6.07, 6.45) is -0.491. The van der Waals surface area contributed by atoms with Crippen molar-refractivity contribution in [3.05, 3.63) is 53.1 Å². The van der Waals surface area contributed by atoms with Gasteiger partial charge in [-0.05, 0) is 37.2 Å². The summed E-state index contributed by atoms with van der Waals surface area (Å²) in [5, 5.41) is 22.0. The second-order valence-electron chi connectivity index (χ2n) is 4.86. The van der Waals surface area contributed by atoms with Crippen LogP contribution < -0.4 is 10.6 Å². The number of phenolic OH excluding ortho intramolecular Hbond substituents is 1. The van der Waals surface area contributed by atoms with Gasteiger partial charge in [0.1, 0.15) is 5.75 Å². The van der Waals surface area contributed by atoms with Crippen LogP contribution in [-0.2, 0) is 0 Å². The number of hydrogen-bond donors (Lipinski definition) is 2. The molecule has 2 atom stereocenters. The third kappa shape index (κ3) is 3.15. The van der Waals surface area contributed by atoms with Gasteiger partial charge in [0.25, 0.3) is 0 Å². The average Bonchev–Trinajstić information content (AvgIpc) is 2.36. The molecule has 0 aromatic heterocycles. The van der Waals surface area contributed by atoms with Gasteiger partial charge < -0.3 is 10.2 Å². The van der Waals surface area contributed by atoms with Crippen molar-refractivity contribution in [3.63, 3.8) is 0 Å². The van der Waals surface area contributed by atoms with E-state index < -0.39 is 6.10 Å². The molecule has 0 radical (unpaired) electrons. The van der Waals surface area contributed by atoms with Crippen molar-refractivity contribution in [1.29, 1.82) is 0 Å². The van der Waals surface area contributed by atoms with Crippen LogP contribution in [0.3, 0.4) is 0 Å². The summed E-state index contributed by atoms with van der Waals surface area (Å²) in [7, 11) is 0.350. The van der Waals surface area contributed by atoms with Gasteiger partial charge in [0, 0.05) is 5.30 Å². The minimum Gasteiger partial charge on any atom is -0.507 e.